The summed E-state index contributed by atoms with van der Waals surface area (Å²) in [7, 11) is 0. The van der Waals surface area contributed by atoms with Gasteiger partial charge in [-0.3, -0.25) is 9.59 Å². The van der Waals surface area contributed by atoms with Crippen molar-refractivity contribution in [3.05, 3.63) is 12.2 Å². The molecule has 6 heteroatoms. The number of allylic oxidation sites excluding steroid dienone is 1. The molecule has 0 saturated carbocycles. The average molecular weight is 1110 g/mol. The Balaban J connectivity index is 3.28. The van der Waals surface area contributed by atoms with Crippen molar-refractivity contribution in [2.24, 2.45) is 0 Å². The molecule has 0 heterocycles. The van der Waals surface area contributed by atoms with E-state index in [4.69, 9.17) is 4.74 Å². The summed E-state index contributed by atoms with van der Waals surface area (Å²) in [5.41, 5.74) is 0. The number of aliphatic hydroxyl groups excluding tert-OH is 2. The molecule has 0 bridgehead atoms. The number of carbonyl (C=O) groups is 2. The first-order chi connectivity index (χ1) is 39.0. The van der Waals surface area contributed by atoms with Crippen molar-refractivity contribution in [2.75, 3.05) is 13.2 Å². The first-order valence-electron chi connectivity index (χ1n) is 36.5. The zero-order valence-electron chi connectivity index (χ0n) is 53.9. The number of nitrogens with one attached hydrogen (secondary N) is 1. The molecular formula is C73H143NO5. The Kier molecular flexibility index (Phi) is 67.9. The zero-order valence-corrected chi connectivity index (χ0v) is 53.9. The molecular weight excluding hydrogens is 971 g/mol. The fourth-order valence-corrected chi connectivity index (χ4v) is 11.8. The van der Waals surface area contributed by atoms with Crippen LogP contribution in [-0.4, -0.2) is 47.4 Å². The SMILES string of the molecule is CCCCCCCCCCCC/C=C/C(O)C(CO)NC(=O)CCCCCCCCCCCCCCCCCCCCCCCCCCCCCCCCCCCCCCCCCOC(=O)CCCCCCCCCCCCC. The lowest BCUT2D eigenvalue weighted by molar-refractivity contribution is -0.143. The van der Waals surface area contributed by atoms with E-state index in [-0.39, 0.29) is 18.5 Å². The summed E-state index contributed by atoms with van der Waals surface area (Å²) in [4.78, 5) is 24.5. The predicted octanol–water partition coefficient (Wildman–Crippen LogP) is 23.5. The maximum atomic E-state index is 12.5. The normalized spacial score (nSPS) is 12.5. The van der Waals surface area contributed by atoms with Gasteiger partial charge in [0, 0.05) is 12.8 Å². The van der Waals surface area contributed by atoms with Crippen molar-refractivity contribution in [3.8, 4) is 0 Å². The highest BCUT2D eigenvalue weighted by molar-refractivity contribution is 5.76. The molecule has 0 aliphatic rings. The van der Waals surface area contributed by atoms with E-state index in [1.54, 1.807) is 6.08 Å². The van der Waals surface area contributed by atoms with Crippen LogP contribution < -0.4 is 5.32 Å². The lowest BCUT2D eigenvalue weighted by atomic mass is 10.0. The second-order valence-corrected chi connectivity index (χ2v) is 25.3. The topological polar surface area (TPSA) is 95.9 Å². The van der Waals surface area contributed by atoms with Gasteiger partial charge in [-0.1, -0.05) is 386 Å². The van der Waals surface area contributed by atoms with Crippen molar-refractivity contribution >= 4 is 11.9 Å². The molecule has 0 aromatic rings. The molecule has 0 aliphatic heterocycles. The molecule has 0 radical (unpaired) electrons. The molecule has 0 spiro atoms. The van der Waals surface area contributed by atoms with Crippen LogP contribution >= 0.6 is 0 Å². The third-order valence-corrected chi connectivity index (χ3v) is 17.3. The number of ether oxygens (including phenoxy) is 1. The molecule has 0 saturated heterocycles. The Morgan fingerprint density at radius 1 is 0.342 bits per heavy atom. The third-order valence-electron chi connectivity index (χ3n) is 17.3. The molecule has 0 fully saturated rings. The van der Waals surface area contributed by atoms with Gasteiger partial charge in [0.1, 0.15) is 0 Å². The van der Waals surface area contributed by atoms with Gasteiger partial charge in [0.05, 0.1) is 25.4 Å². The van der Waals surface area contributed by atoms with E-state index < -0.39 is 12.1 Å². The van der Waals surface area contributed by atoms with E-state index in [2.05, 4.69) is 19.2 Å². The summed E-state index contributed by atoms with van der Waals surface area (Å²) in [5, 5.41) is 23.1. The van der Waals surface area contributed by atoms with Gasteiger partial charge in [0.15, 0.2) is 0 Å². The highest BCUT2D eigenvalue weighted by atomic mass is 16.5. The standard InChI is InChI=1S/C73H143NO5/c1-3-5-7-9-11-13-15-46-49-53-57-61-65-71(76)70(69-75)74-72(77)66-62-58-54-50-47-43-41-39-37-35-33-31-29-27-25-23-21-19-17-16-18-20-22-24-26-28-30-32-34-36-38-40-42-44-48-52-56-60-64-68-79-73(78)67-63-59-55-51-45-14-12-10-8-6-4-2/h61,65,70-71,75-76H,3-60,62-64,66-69H2,1-2H3,(H,74,77)/b65-61+. The van der Waals surface area contributed by atoms with E-state index in [1.807, 2.05) is 6.08 Å². The summed E-state index contributed by atoms with van der Waals surface area (Å²) >= 11 is 0. The van der Waals surface area contributed by atoms with E-state index in [0.717, 1.165) is 38.5 Å². The van der Waals surface area contributed by atoms with Crippen LogP contribution in [0.15, 0.2) is 12.2 Å². The van der Waals surface area contributed by atoms with Crippen molar-refractivity contribution in [3.63, 3.8) is 0 Å². The number of hydrogen-bond acceptors (Lipinski definition) is 5. The Bertz CT molecular complexity index is 1190. The van der Waals surface area contributed by atoms with Crippen LogP contribution in [0.2, 0.25) is 0 Å². The summed E-state index contributed by atoms with van der Waals surface area (Å²) < 4.78 is 5.48. The first-order valence-corrected chi connectivity index (χ1v) is 36.5. The number of unbranched alkanes of at least 4 members (excludes halogenated alkanes) is 58. The van der Waals surface area contributed by atoms with Crippen molar-refractivity contribution in [1.29, 1.82) is 0 Å². The van der Waals surface area contributed by atoms with Gasteiger partial charge in [-0.05, 0) is 32.1 Å². The second-order valence-electron chi connectivity index (χ2n) is 25.3. The molecule has 470 valence electrons. The fraction of sp³-hybridized carbons (Fsp3) is 0.945. The van der Waals surface area contributed by atoms with Crippen LogP contribution in [0.3, 0.4) is 0 Å². The molecule has 79 heavy (non-hydrogen) atoms. The molecule has 2 unspecified atom stereocenters. The number of hydrogen-bond donors (Lipinski definition) is 3. The van der Waals surface area contributed by atoms with Gasteiger partial charge in [-0.2, -0.15) is 0 Å². The van der Waals surface area contributed by atoms with Gasteiger partial charge in [0.2, 0.25) is 5.91 Å². The molecule has 0 rings (SSSR count). The lowest BCUT2D eigenvalue weighted by Crippen LogP contribution is -2.45. The third kappa shape index (κ3) is 65.6. The smallest absolute Gasteiger partial charge is 0.305 e. The van der Waals surface area contributed by atoms with Gasteiger partial charge in [-0.25, -0.2) is 0 Å². The quantitative estimate of drug-likeness (QED) is 0.0320. The van der Waals surface area contributed by atoms with Crippen LogP contribution in [-0.2, 0) is 14.3 Å². The van der Waals surface area contributed by atoms with E-state index in [9.17, 15) is 19.8 Å². The van der Waals surface area contributed by atoms with Gasteiger partial charge >= 0.3 is 5.97 Å². The van der Waals surface area contributed by atoms with Gasteiger partial charge in [0.25, 0.3) is 0 Å². The molecule has 2 atom stereocenters. The molecule has 0 aromatic heterocycles. The zero-order chi connectivity index (χ0) is 57.1. The van der Waals surface area contributed by atoms with Crippen molar-refractivity contribution in [2.45, 2.75) is 431 Å². The predicted molar refractivity (Wildman–Crippen MR) is 347 cm³/mol. The van der Waals surface area contributed by atoms with Crippen LogP contribution in [0.25, 0.3) is 0 Å². The summed E-state index contributed by atoms with van der Waals surface area (Å²) in [6.07, 6.45) is 86.2. The van der Waals surface area contributed by atoms with Gasteiger partial charge < -0.3 is 20.3 Å². The second kappa shape index (κ2) is 69.1. The number of carbonyl (C=O) groups excluding carboxylic acids is 2. The minimum absolute atomic E-state index is 0.0243. The summed E-state index contributed by atoms with van der Waals surface area (Å²) in [6.45, 7) is 4.93. The highest BCUT2D eigenvalue weighted by Gasteiger charge is 2.18. The Labute approximate surface area is 495 Å². The molecule has 1 amide bonds. The average Bonchev–Trinajstić information content (AvgIpc) is 3.45. The Morgan fingerprint density at radius 3 is 0.861 bits per heavy atom. The van der Waals surface area contributed by atoms with E-state index >= 15 is 0 Å². The monoisotopic (exact) mass is 1110 g/mol. The number of esters is 1. The minimum atomic E-state index is -0.838. The van der Waals surface area contributed by atoms with E-state index in [0.29, 0.717) is 19.4 Å². The van der Waals surface area contributed by atoms with Crippen LogP contribution in [0, 0.1) is 0 Å². The van der Waals surface area contributed by atoms with Gasteiger partial charge in [-0.15, -0.1) is 0 Å². The number of rotatable bonds is 69. The van der Waals surface area contributed by atoms with Crippen LogP contribution in [0.5, 0.6) is 0 Å². The molecule has 0 aromatic carbocycles. The first kappa shape index (κ1) is 77.6. The number of aliphatic hydroxyl groups is 2. The maximum Gasteiger partial charge on any atom is 0.305 e. The molecule has 6 nitrogen and oxygen atoms in total. The summed E-state index contributed by atoms with van der Waals surface area (Å²) in [5.74, 6) is -0.0360. The van der Waals surface area contributed by atoms with Crippen molar-refractivity contribution < 1.29 is 24.5 Å². The Hall–Kier alpha value is -1.40. The van der Waals surface area contributed by atoms with Crippen LogP contribution in [0.4, 0.5) is 0 Å². The highest BCUT2D eigenvalue weighted by Crippen LogP contribution is 2.20. The molecule has 3 N–H and O–H groups in total. The lowest BCUT2D eigenvalue weighted by Gasteiger charge is -2.20. The minimum Gasteiger partial charge on any atom is -0.466 e. The van der Waals surface area contributed by atoms with Crippen molar-refractivity contribution in [1.82, 2.24) is 5.32 Å². The maximum absolute atomic E-state index is 12.5. The fourth-order valence-electron chi connectivity index (χ4n) is 11.8. The summed E-state index contributed by atoms with van der Waals surface area (Å²) in [6, 6.07) is -0.621. The molecule has 0 aliphatic carbocycles. The number of amides is 1. The van der Waals surface area contributed by atoms with E-state index in [1.165, 1.54) is 353 Å². The largest absolute Gasteiger partial charge is 0.466 e. The Morgan fingerprint density at radius 2 is 0.582 bits per heavy atom. The van der Waals surface area contributed by atoms with Crippen LogP contribution in [0.1, 0.15) is 418 Å².